The van der Waals surface area contributed by atoms with Crippen LogP contribution in [0, 0.1) is 0 Å². The molecule has 9 heteroatoms. The summed E-state index contributed by atoms with van der Waals surface area (Å²) in [5.41, 5.74) is 0. The minimum absolute atomic E-state index is 0.0225. The number of hydrogen-bond donors (Lipinski definition) is 5. The van der Waals surface area contributed by atoms with Crippen LogP contribution < -0.4 is 0 Å². The summed E-state index contributed by atoms with van der Waals surface area (Å²) in [6.07, 6.45) is -5.46. The van der Waals surface area contributed by atoms with E-state index in [1.165, 1.54) is 0 Å². The Morgan fingerprint density at radius 1 is 1.29 bits per heavy atom. The van der Waals surface area contributed by atoms with Crippen molar-refractivity contribution in [3.63, 3.8) is 0 Å². The molecule has 0 fully saturated rings. The number of aldehydes is 1. The summed E-state index contributed by atoms with van der Waals surface area (Å²) in [5.74, 6) is 0. The van der Waals surface area contributed by atoms with Crippen molar-refractivity contribution < 1.29 is 39.0 Å². The molecule has 0 spiro atoms. The Morgan fingerprint density at radius 2 is 1.79 bits per heavy atom. The van der Waals surface area contributed by atoms with Gasteiger partial charge in [0.1, 0.15) is 18.3 Å². The number of rotatable bonds is 6. The van der Waals surface area contributed by atoms with E-state index in [2.05, 4.69) is 4.52 Å². The molecule has 84 valence electrons. The lowest BCUT2D eigenvalue weighted by molar-refractivity contribution is -0.127. The molecular formula is C5H11O8P. The molecule has 14 heavy (non-hydrogen) atoms. The van der Waals surface area contributed by atoms with E-state index < -0.39 is 32.7 Å². The number of carbonyl (C=O) groups excluding carboxylic acids is 1. The number of phosphoric ester groups is 1. The van der Waals surface area contributed by atoms with Gasteiger partial charge < -0.3 is 29.9 Å². The fraction of sp³-hybridized carbons (Fsp3) is 0.800. The van der Waals surface area contributed by atoms with Crippen LogP contribution in [0.5, 0.6) is 0 Å². The van der Waals surface area contributed by atoms with Crippen LogP contribution in [0.4, 0.5) is 0 Å². The summed E-state index contributed by atoms with van der Waals surface area (Å²) in [6, 6.07) is 0. The molecule has 0 aromatic heterocycles. The van der Waals surface area contributed by atoms with Crippen LogP contribution in [0.15, 0.2) is 0 Å². The predicted molar refractivity (Wildman–Crippen MR) is 42.1 cm³/mol. The van der Waals surface area contributed by atoms with Gasteiger partial charge in [0.25, 0.3) is 0 Å². The molecule has 0 heterocycles. The molecule has 0 unspecified atom stereocenters. The first-order valence-electron chi connectivity index (χ1n) is 3.47. The molecule has 0 aliphatic heterocycles. The normalized spacial score (nSPS) is 18.6. The van der Waals surface area contributed by atoms with Gasteiger partial charge in [0.2, 0.25) is 0 Å². The van der Waals surface area contributed by atoms with E-state index in [4.69, 9.17) is 25.1 Å². The first-order chi connectivity index (χ1) is 6.28. The number of phosphoric acid groups is 1. The van der Waals surface area contributed by atoms with Gasteiger partial charge in [-0.2, -0.15) is 0 Å². The van der Waals surface area contributed by atoms with Crippen LogP contribution in [-0.4, -0.2) is 56.3 Å². The highest BCUT2D eigenvalue weighted by atomic mass is 31.2. The highest BCUT2D eigenvalue weighted by Gasteiger charge is 2.27. The van der Waals surface area contributed by atoms with Crippen LogP contribution in [0.1, 0.15) is 0 Å². The van der Waals surface area contributed by atoms with Crippen LogP contribution in [-0.2, 0) is 13.9 Å². The fourth-order valence-corrected chi connectivity index (χ4v) is 0.927. The monoisotopic (exact) mass is 230 g/mol. The molecular weight excluding hydrogens is 219 g/mol. The van der Waals surface area contributed by atoms with Crippen molar-refractivity contribution in [3.05, 3.63) is 0 Å². The van der Waals surface area contributed by atoms with Gasteiger partial charge in [-0.3, -0.25) is 4.52 Å². The second-order valence-corrected chi connectivity index (χ2v) is 3.71. The Hall–Kier alpha value is -0.340. The summed E-state index contributed by atoms with van der Waals surface area (Å²) in [4.78, 5) is 26.4. The van der Waals surface area contributed by atoms with Gasteiger partial charge in [-0.25, -0.2) is 4.57 Å². The number of carbonyl (C=O) groups is 1. The van der Waals surface area contributed by atoms with Crippen LogP contribution in [0.25, 0.3) is 0 Å². The summed E-state index contributed by atoms with van der Waals surface area (Å²) < 4.78 is 14.0. The van der Waals surface area contributed by atoms with E-state index in [0.29, 0.717) is 0 Å². The van der Waals surface area contributed by atoms with E-state index in [1.54, 1.807) is 0 Å². The molecule has 0 bridgehead atoms. The molecule has 0 radical (unpaired) electrons. The molecule has 0 aromatic rings. The average Bonchev–Trinajstić information content (AvgIpc) is 2.10. The van der Waals surface area contributed by atoms with E-state index in [0.717, 1.165) is 0 Å². The molecule has 0 aliphatic rings. The molecule has 0 aromatic carbocycles. The molecule has 0 saturated heterocycles. The first-order valence-corrected chi connectivity index (χ1v) is 5.00. The maximum atomic E-state index is 10.1. The van der Waals surface area contributed by atoms with Crippen LogP contribution in [0.3, 0.4) is 0 Å². The summed E-state index contributed by atoms with van der Waals surface area (Å²) in [7, 11) is -4.74. The topological polar surface area (TPSA) is 145 Å². The highest BCUT2D eigenvalue weighted by molar-refractivity contribution is 7.46. The Morgan fingerprint density at radius 3 is 2.14 bits per heavy atom. The van der Waals surface area contributed by atoms with Crippen LogP contribution >= 0.6 is 7.82 Å². The van der Waals surface area contributed by atoms with Gasteiger partial charge in [0.05, 0.1) is 6.61 Å². The van der Waals surface area contributed by atoms with E-state index >= 15 is 0 Å². The predicted octanol–water partition coefficient (Wildman–Crippen LogP) is -2.62. The Bertz CT molecular complexity index is 224. The zero-order valence-electron chi connectivity index (χ0n) is 6.92. The van der Waals surface area contributed by atoms with Crippen molar-refractivity contribution in [1.82, 2.24) is 0 Å². The van der Waals surface area contributed by atoms with E-state index in [-0.39, 0.29) is 6.29 Å². The second-order valence-electron chi connectivity index (χ2n) is 2.47. The standard InChI is InChI=1S/C5H11O8P/c6-1-3(7)5(9)4(8)2-13-14(10,11)12/h1,3-5,7-9H,2H2,(H2,10,11,12)/t3-,4-,5+/m0/s1. The molecule has 0 amide bonds. The zero-order chi connectivity index (χ0) is 11.4. The molecule has 8 nitrogen and oxygen atoms in total. The third-order valence-electron chi connectivity index (χ3n) is 1.30. The number of hydrogen-bond acceptors (Lipinski definition) is 6. The zero-order valence-corrected chi connectivity index (χ0v) is 7.82. The van der Waals surface area contributed by atoms with E-state index in [1.807, 2.05) is 0 Å². The Balaban J connectivity index is 4.02. The maximum absolute atomic E-state index is 10.1. The van der Waals surface area contributed by atoms with Gasteiger partial charge in [0, 0.05) is 0 Å². The highest BCUT2D eigenvalue weighted by Crippen LogP contribution is 2.35. The van der Waals surface area contributed by atoms with Crippen molar-refractivity contribution in [2.24, 2.45) is 0 Å². The van der Waals surface area contributed by atoms with Gasteiger partial charge >= 0.3 is 7.82 Å². The SMILES string of the molecule is O=C[C@H](O)[C@@H](O)[C@@H](O)COP(=O)(O)O. The summed E-state index contributed by atoms with van der Waals surface area (Å²) >= 11 is 0. The lowest BCUT2D eigenvalue weighted by Crippen LogP contribution is -2.40. The molecule has 3 atom stereocenters. The molecule has 0 saturated carbocycles. The van der Waals surface area contributed by atoms with Crippen LogP contribution in [0.2, 0.25) is 0 Å². The molecule has 0 aliphatic carbocycles. The largest absolute Gasteiger partial charge is 0.469 e. The van der Waals surface area contributed by atoms with Gasteiger partial charge in [-0.1, -0.05) is 0 Å². The van der Waals surface area contributed by atoms with Gasteiger partial charge in [0.15, 0.2) is 6.29 Å². The van der Waals surface area contributed by atoms with Crippen molar-refractivity contribution in [3.8, 4) is 0 Å². The van der Waals surface area contributed by atoms with Gasteiger partial charge in [-0.15, -0.1) is 0 Å². The Kier molecular flexibility index (Phi) is 5.38. The quantitative estimate of drug-likeness (QED) is 0.246. The van der Waals surface area contributed by atoms with E-state index in [9.17, 15) is 9.36 Å². The lowest BCUT2D eigenvalue weighted by Gasteiger charge is -2.19. The van der Waals surface area contributed by atoms with Crippen molar-refractivity contribution in [1.29, 1.82) is 0 Å². The summed E-state index contributed by atoms with van der Waals surface area (Å²) in [5, 5.41) is 26.6. The molecule has 0 rings (SSSR count). The van der Waals surface area contributed by atoms with Gasteiger partial charge in [-0.05, 0) is 0 Å². The average molecular weight is 230 g/mol. The summed E-state index contributed by atoms with van der Waals surface area (Å²) in [6.45, 7) is -0.893. The second kappa shape index (κ2) is 5.52. The number of aliphatic hydroxyl groups excluding tert-OH is 3. The van der Waals surface area contributed by atoms with Crippen molar-refractivity contribution >= 4 is 14.1 Å². The minimum Gasteiger partial charge on any atom is -0.388 e. The minimum atomic E-state index is -4.74. The van der Waals surface area contributed by atoms with Crippen molar-refractivity contribution in [2.75, 3.05) is 6.61 Å². The maximum Gasteiger partial charge on any atom is 0.469 e. The lowest BCUT2D eigenvalue weighted by atomic mass is 10.1. The number of aliphatic hydroxyl groups is 3. The first kappa shape index (κ1) is 13.7. The third kappa shape index (κ3) is 5.40. The third-order valence-corrected chi connectivity index (χ3v) is 1.78. The Labute approximate surface area is 79.0 Å². The van der Waals surface area contributed by atoms with Crippen molar-refractivity contribution in [2.45, 2.75) is 18.3 Å². The smallest absolute Gasteiger partial charge is 0.388 e. The molecule has 5 N–H and O–H groups in total. The fourth-order valence-electron chi connectivity index (χ4n) is 0.580.